The molecule has 0 spiro atoms. The Morgan fingerprint density at radius 1 is 0.615 bits per heavy atom. The fraction of sp³-hybridized carbons (Fsp3) is 1.00. The van der Waals surface area contributed by atoms with Gasteiger partial charge in [0, 0.05) is 0 Å². The second kappa shape index (κ2) is 7.28. The minimum atomic E-state index is -7.45. The van der Waals surface area contributed by atoms with Crippen molar-refractivity contribution in [1.29, 1.82) is 0 Å². The summed E-state index contributed by atoms with van der Waals surface area (Å²) in [4.78, 5) is 0. The van der Waals surface area contributed by atoms with Crippen LogP contribution in [0, 0.1) is 0 Å². The largest absolute Gasteiger partial charge is 0.499 e. The van der Waals surface area contributed by atoms with Gasteiger partial charge in [-0.15, -0.1) is 0 Å². The molecule has 0 heterocycles. The Morgan fingerprint density at radius 2 is 0.885 bits per heavy atom. The molecule has 0 N–H and O–H groups in total. The molecule has 26 heavy (non-hydrogen) atoms. The van der Waals surface area contributed by atoms with Crippen LogP contribution in [0.1, 0.15) is 0 Å². The lowest BCUT2D eigenvalue weighted by Crippen LogP contribution is -2.47. The van der Waals surface area contributed by atoms with E-state index in [9.17, 15) is 64.8 Å². The molecule has 20 heteroatoms. The van der Waals surface area contributed by atoms with Crippen molar-refractivity contribution in [3.05, 3.63) is 0 Å². The van der Waals surface area contributed by atoms with Crippen LogP contribution in [0.2, 0.25) is 0 Å². The van der Waals surface area contributed by atoms with E-state index in [1.165, 1.54) is 0 Å². The van der Waals surface area contributed by atoms with Gasteiger partial charge in [0.2, 0.25) is 0 Å². The Hall–Kier alpha value is -0.860. The van der Waals surface area contributed by atoms with Crippen molar-refractivity contribution < 1.29 is 73.1 Å². The van der Waals surface area contributed by atoms with E-state index in [-0.39, 0.29) is 0 Å². The number of rotatable bonds is 7. The van der Waals surface area contributed by atoms with E-state index in [1.807, 2.05) is 0 Å². The van der Waals surface area contributed by atoms with Crippen LogP contribution < -0.4 is 0 Å². The number of halogens is 9. The molecule has 0 radical (unpaired) electrons. The standard InChI is InChI=1S/C6H5F9O8S3/c7-4(8,9)1-22-25(18,19)3(24(16,17)6(13,14)15)26(20,21)23-2-5(10,11)12/h3H,1-2H2. The molecule has 0 aliphatic heterocycles. The fourth-order valence-electron chi connectivity index (χ4n) is 0.973. The average molecular weight is 472 g/mol. The molecular formula is C6H5F9O8S3. The Kier molecular flexibility index (Phi) is 7.04. The Morgan fingerprint density at radius 3 is 1.08 bits per heavy atom. The van der Waals surface area contributed by atoms with Crippen molar-refractivity contribution in [3.63, 3.8) is 0 Å². The summed E-state index contributed by atoms with van der Waals surface area (Å²) >= 11 is 0. The molecule has 0 aromatic carbocycles. The molecule has 0 saturated heterocycles. The first-order valence-corrected chi connectivity index (χ1v) is 9.72. The van der Waals surface area contributed by atoms with E-state index >= 15 is 0 Å². The summed E-state index contributed by atoms with van der Waals surface area (Å²) in [7, 11) is -21.1. The van der Waals surface area contributed by atoms with Gasteiger partial charge in [-0.1, -0.05) is 0 Å². The summed E-state index contributed by atoms with van der Waals surface area (Å²) in [6.07, 6.45) is -11.2. The second-order valence-corrected chi connectivity index (χ2v) is 10.3. The Bertz CT molecular complexity index is 753. The zero-order chi connectivity index (χ0) is 21.4. The molecule has 0 fully saturated rings. The van der Waals surface area contributed by atoms with Gasteiger partial charge in [-0.25, -0.2) is 8.42 Å². The maximum atomic E-state index is 12.4. The first-order chi connectivity index (χ1) is 11.0. The van der Waals surface area contributed by atoms with E-state index in [4.69, 9.17) is 0 Å². The van der Waals surface area contributed by atoms with E-state index in [2.05, 4.69) is 8.37 Å². The lowest BCUT2D eigenvalue weighted by atomic mass is 10.7. The minimum Gasteiger partial charge on any atom is -0.259 e. The van der Waals surface area contributed by atoms with Gasteiger partial charge in [0.1, 0.15) is 0 Å². The third-order valence-corrected chi connectivity index (χ3v) is 9.16. The van der Waals surface area contributed by atoms with Crippen LogP contribution >= 0.6 is 0 Å². The quantitative estimate of drug-likeness (QED) is 0.398. The molecule has 0 aromatic rings. The van der Waals surface area contributed by atoms with E-state index in [0.717, 1.165) is 0 Å². The normalized spacial score (nSPS) is 15.5. The Balaban J connectivity index is 6.26. The zero-order valence-corrected chi connectivity index (χ0v) is 13.8. The average Bonchev–Trinajstić information content (AvgIpc) is 2.30. The highest BCUT2D eigenvalue weighted by atomic mass is 32.3. The maximum Gasteiger partial charge on any atom is 0.499 e. The summed E-state index contributed by atoms with van der Waals surface area (Å²) in [6, 6.07) is 0. The number of sulfone groups is 1. The van der Waals surface area contributed by atoms with Gasteiger partial charge >= 0.3 is 42.0 Å². The van der Waals surface area contributed by atoms with Crippen molar-refractivity contribution in [1.82, 2.24) is 0 Å². The molecule has 0 rings (SSSR count). The molecule has 0 atom stereocenters. The molecule has 0 unspecified atom stereocenters. The highest BCUT2D eigenvalue weighted by Gasteiger charge is 2.63. The molecule has 0 amide bonds. The number of hydrogen-bond acceptors (Lipinski definition) is 8. The molecule has 0 aliphatic carbocycles. The molecule has 0 aromatic heterocycles. The predicted molar refractivity (Wildman–Crippen MR) is 60.6 cm³/mol. The van der Waals surface area contributed by atoms with Crippen LogP contribution in [-0.4, -0.2) is 60.2 Å². The third kappa shape index (κ3) is 7.04. The summed E-state index contributed by atoms with van der Waals surface area (Å²) in [5.41, 5.74) is -6.72. The summed E-state index contributed by atoms with van der Waals surface area (Å²) in [5, 5.41) is 0. The van der Waals surface area contributed by atoms with Gasteiger partial charge in [-0.2, -0.15) is 56.3 Å². The van der Waals surface area contributed by atoms with Gasteiger partial charge in [0.25, 0.3) is 9.84 Å². The first kappa shape index (κ1) is 25.1. The van der Waals surface area contributed by atoms with Gasteiger partial charge in [0.15, 0.2) is 13.2 Å². The van der Waals surface area contributed by atoms with E-state index in [0.29, 0.717) is 0 Å². The summed E-state index contributed by atoms with van der Waals surface area (Å²) in [6.45, 7) is -5.93. The fourth-order valence-corrected chi connectivity index (χ4v) is 6.97. The molecule has 158 valence electrons. The molecule has 0 bridgehead atoms. The van der Waals surface area contributed by atoms with Crippen molar-refractivity contribution >= 4 is 30.1 Å². The van der Waals surface area contributed by atoms with Crippen LogP contribution in [0.25, 0.3) is 0 Å². The van der Waals surface area contributed by atoms with Gasteiger partial charge in [0.05, 0.1) is 0 Å². The minimum absolute atomic E-state index is 2.88. The SMILES string of the molecule is O=S(=O)(OCC(F)(F)F)C(S(=O)(=O)OCC(F)(F)F)S(=O)(=O)C(F)(F)F. The maximum absolute atomic E-state index is 12.4. The second-order valence-electron chi connectivity index (χ2n) is 4.02. The van der Waals surface area contributed by atoms with Crippen LogP contribution in [0.5, 0.6) is 0 Å². The molecule has 0 saturated carbocycles. The van der Waals surface area contributed by atoms with Crippen molar-refractivity contribution in [2.24, 2.45) is 0 Å². The highest BCUT2D eigenvalue weighted by molar-refractivity contribution is 8.21. The van der Waals surface area contributed by atoms with Gasteiger partial charge < -0.3 is 0 Å². The van der Waals surface area contributed by atoms with Crippen molar-refractivity contribution in [2.75, 3.05) is 13.2 Å². The third-order valence-electron chi connectivity index (χ3n) is 1.82. The van der Waals surface area contributed by atoms with E-state index in [1.54, 1.807) is 0 Å². The van der Waals surface area contributed by atoms with Crippen molar-refractivity contribution in [3.8, 4) is 0 Å². The van der Waals surface area contributed by atoms with Gasteiger partial charge in [-0.3, -0.25) is 8.37 Å². The molecule has 0 aliphatic rings. The van der Waals surface area contributed by atoms with Crippen LogP contribution in [0.4, 0.5) is 39.5 Å². The van der Waals surface area contributed by atoms with Crippen LogP contribution in [-0.2, 0) is 38.4 Å². The zero-order valence-electron chi connectivity index (χ0n) is 11.4. The van der Waals surface area contributed by atoms with Crippen LogP contribution in [0.3, 0.4) is 0 Å². The van der Waals surface area contributed by atoms with Crippen LogP contribution in [0.15, 0.2) is 0 Å². The molecular weight excluding hydrogens is 467 g/mol. The smallest absolute Gasteiger partial charge is 0.259 e. The highest BCUT2D eigenvalue weighted by Crippen LogP contribution is 2.34. The summed E-state index contributed by atoms with van der Waals surface area (Å²) in [5.74, 6) is 0. The lowest BCUT2D eigenvalue weighted by molar-refractivity contribution is -0.152. The molecule has 8 nitrogen and oxygen atoms in total. The first-order valence-electron chi connectivity index (χ1n) is 5.23. The van der Waals surface area contributed by atoms with E-state index < -0.39 is 65.1 Å². The monoisotopic (exact) mass is 472 g/mol. The number of hydrogen-bond donors (Lipinski definition) is 0. The predicted octanol–water partition coefficient (Wildman–Crippen LogP) is 1.02. The Labute approximate surface area is 139 Å². The topological polar surface area (TPSA) is 121 Å². The number of alkyl halides is 9. The summed E-state index contributed by atoms with van der Waals surface area (Å²) < 4.78 is 177. The lowest BCUT2D eigenvalue weighted by Gasteiger charge is -2.20. The van der Waals surface area contributed by atoms with Crippen molar-refractivity contribution in [2.45, 2.75) is 21.8 Å². The van der Waals surface area contributed by atoms with Gasteiger partial charge in [-0.05, 0) is 0 Å².